The SMILES string of the molecule is CCC(N)Cc1cccn1CCS(C)(=O)=O. The molecule has 16 heavy (non-hydrogen) atoms. The van der Waals surface area contributed by atoms with E-state index in [0.29, 0.717) is 6.54 Å². The highest BCUT2D eigenvalue weighted by Gasteiger charge is 2.08. The van der Waals surface area contributed by atoms with Crippen LogP contribution < -0.4 is 5.73 Å². The first-order valence-electron chi connectivity index (χ1n) is 5.49. The van der Waals surface area contributed by atoms with Crippen LogP contribution in [0, 0.1) is 0 Å². The first kappa shape index (κ1) is 13.3. The molecule has 0 aromatic carbocycles. The Labute approximate surface area is 97.4 Å². The van der Waals surface area contributed by atoms with E-state index in [4.69, 9.17) is 5.73 Å². The molecule has 1 aromatic rings. The molecule has 1 unspecified atom stereocenters. The summed E-state index contributed by atoms with van der Waals surface area (Å²) in [6.07, 6.45) is 4.89. The quantitative estimate of drug-likeness (QED) is 0.805. The number of sulfone groups is 1. The van der Waals surface area contributed by atoms with Crippen molar-refractivity contribution in [1.82, 2.24) is 4.57 Å². The molecule has 0 aliphatic heterocycles. The van der Waals surface area contributed by atoms with Crippen LogP contribution in [0.1, 0.15) is 19.0 Å². The van der Waals surface area contributed by atoms with Gasteiger partial charge in [-0.3, -0.25) is 0 Å². The molecule has 0 saturated carbocycles. The van der Waals surface area contributed by atoms with Crippen molar-refractivity contribution in [3.05, 3.63) is 24.0 Å². The molecule has 0 aliphatic carbocycles. The summed E-state index contributed by atoms with van der Waals surface area (Å²) in [6, 6.07) is 4.07. The largest absolute Gasteiger partial charge is 0.350 e. The molecule has 0 radical (unpaired) electrons. The lowest BCUT2D eigenvalue weighted by Gasteiger charge is -2.12. The maximum atomic E-state index is 11.1. The van der Waals surface area contributed by atoms with E-state index in [-0.39, 0.29) is 11.8 Å². The minimum absolute atomic E-state index is 0.145. The zero-order chi connectivity index (χ0) is 12.2. The van der Waals surface area contributed by atoms with E-state index >= 15 is 0 Å². The fraction of sp³-hybridized carbons (Fsp3) is 0.636. The molecule has 1 aromatic heterocycles. The van der Waals surface area contributed by atoms with Crippen LogP contribution in [-0.2, 0) is 22.8 Å². The van der Waals surface area contributed by atoms with Gasteiger partial charge in [-0.25, -0.2) is 8.42 Å². The first-order valence-corrected chi connectivity index (χ1v) is 7.55. The lowest BCUT2D eigenvalue weighted by molar-refractivity contribution is 0.583. The molecule has 0 spiro atoms. The Morgan fingerprint density at radius 3 is 2.75 bits per heavy atom. The molecule has 1 rings (SSSR count). The average Bonchev–Trinajstić information content (AvgIpc) is 2.61. The van der Waals surface area contributed by atoms with E-state index < -0.39 is 9.84 Å². The van der Waals surface area contributed by atoms with Gasteiger partial charge in [0.05, 0.1) is 5.75 Å². The van der Waals surface area contributed by atoms with Crippen LogP contribution in [0.4, 0.5) is 0 Å². The van der Waals surface area contributed by atoms with Gasteiger partial charge in [-0.2, -0.15) is 0 Å². The molecular formula is C11H20N2O2S. The van der Waals surface area contributed by atoms with Crippen molar-refractivity contribution in [3.8, 4) is 0 Å². The van der Waals surface area contributed by atoms with Gasteiger partial charge < -0.3 is 10.3 Å². The van der Waals surface area contributed by atoms with Crippen LogP contribution in [-0.4, -0.2) is 31.0 Å². The van der Waals surface area contributed by atoms with Gasteiger partial charge in [0, 0.05) is 37.2 Å². The molecule has 0 saturated heterocycles. The highest BCUT2D eigenvalue weighted by atomic mass is 32.2. The van der Waals surface area contributed by atoms with Crippen molar-refractivity contribution in [2.45, 2.75) is 32.4 Å². The number of nitrogens with two attached hydrogens (primary N) is 1. The van der Waals surface area contributed by atoms with E-state index in [9.17, 15) is 8.42 Å². The maximum absolute atomic E-state index is 11.1. The van der Waals surface area contributed by atoms with Crippen molar-refractivity contribution in [3.63, 3.8) is 0 Å². The van der Waals surface area contributed by atoms with E-state index in [0.717, 1.165) is 18.5 Å². The van der Waals surface area contributed by atoms with Gasteiger partial charge in [-0.15, -0.1) is 0 Å². The number of nitrogens with zero attached hydrogens (tertiary/aromatic N) is 1. The third-order valence-corrected chi connectivity index (χ3v) is 3.55. The molecule has 1 heterocycles. The Bertz CT molecular complexity index is 423. The molecule has 5 heteroatoms. The summed E-state index contributed by atoms with van der Waals surface area (Å²) in [5.41, 5.74) is 6.99. The molecular weight excluding hydrogens is 224 g/mol. The topological polar surface area (TPSA) is 65.1 Å². The lowest BCUT2D eigenvalue weighted by Crippen LogP contribution is -2.23. The molecule has 4 nitrogen and oxygen atoms in total. The number of hydrogen-bond acceptors (Lipinski definition) is 3. The molecule has 2 N–H and O–H groups in total. The maximum Gasteiger partial charge on any atom is 0.149 e. The Kier molecular flexibility index (Phi) is 4.56. The summed E-state index contributed by atoms with van der Waals surface area (Å²) >= 11 is 0. The second-order valence-corrected chi connectivity index (χ2v) is 6.46. The predicted molar refractivity (Wildman–Crippen MR) is 66.1 cm³/mol. The Morgan fingerprint density at radius 2 is 2.19 bits per heavy atom. The van der Waals surface area contributed by atoms with Gasteiger partial charge in [-0.1, -0.05) is 6.92 Å². The second-order valence-electron chi connectivity index (χ2n) is 4.20. The molecule has 1 atom stereocenters. The van der Waals surface area contributed by atoms with Crippen LogP contribution in [0.5, 0.6) is 0 Å². The molecule has 0 bridgehead atoms. The third kappa shape index (κ3) is 4.37. The average molecular weight is 244 g/mol. The standard InChI is InChI=1S/C11H20N2O2S/c1-3-10(12)9-11-5-4-6-13(11)7-8-16(2,14)15/h4-6,10H,3,7-9,12H2,1-2H3. The molecule has 0 fully saturated rings. The zero-order valence-corrected chi connectivity index (χ0v) is 10.7. The van der Waals surface area contributed by atoms with Crippen molar-refractivity contribution >= 4 is 9.84 Å². The number of aryl methyl sites for hydroxylation is 1. The summed E-state index contributed by atoms with van der Waals surface area (Å²) in [4.78, 5) is 0. The van der Waals surface area contributed by atoms with Crippen LogP contribution in [0.25, 0.3) is 0 Å². The summed E-state index contributed by atoms with van der Waals surface area (Å²) in [5, 5.41) is 0. The van der Waals surface area contributed by atoms with E-state index in [1.165, 1.54) is 6.26 Å². The summed E-state index contributed by atoms with van der Waals surface area (Å²) < 4.78 is 24.1. The summed E-state index contributed by atoms with van der Waals surface area (Å²) in [7, 11) is -2.90. The van der Waals surface area contributed by atoms with E-state index in [2.05, 4.69) is 6.92 Å². The fourth-order valence-corrected chi connectivity index (χ4v) is 2.06. The van der Waals surface area contributed by atoms with Crippen LogP contribution in [0.3, 0.4) is 0 Å². The monoisotopic (exact) mass is 244 g/mol. The summed E-state index contributed by atoms with van der Waals surface area (Å²) in [5.74, 6) is 0.177. The van der Waals surface area contributed by atoms with Crippen molar-refractivity contribution < 1.29 is 8.42 Å². The van der Waals surface area contributed by atoms with Gasteiger partial charge in [0.1, 0.15) is 9.84 Å². The van der Waals surface area contributed by atoms with Gasteiger partial charge in [0.15, 0.2) is 0 Å². The highest BCUT2D eigenvalue weighted by Crippen LogP contribution is 2.07. The first-order chi connectivity index (χ1) is 7.42. The number of rotatable bonds is 6. The normalized spacial score (nSPS) is 13.9. The molecule has 92 valence electrons. The molecule has 0 aliphatic rings. The van der Waals surface area contributed by atoms with Gasteiger partial charge in [0.2, 0.25) is 0 Å². The highest BCUT2D eigenvalue weighted by molar-refractivity contribution is 7.90. The minimum Gasteiger partial charge on any atom is -0.350 e. The van der Waals surface area contributed by atoms with E-state index in [1.54, 1.807) is 0 Å². The number of hydrogen-bond donors (Lipinski definition) is 1. The Balaban J connectivity index is 2.64. The van der Waals surface area contributed by atoms with Crippen LogP contribution in [0.15, 0.2) is 18.3 Å². The third-order valence-electron chi connectivity index (χ3n) is 2.62. The zero-order valence-electron chi connectivity index (χ0n) is 9.89. The van der Waals surface area contributed by atoms with Gasteiger partial charge in [-0.05, 0) is 18.6 Å². The van der Waals surface area contributed by atoms with Crippen molar-refractivity contribution in [1.29, 1.82) is 0 Å². The van der Waals surface area contributed by atoms with Crippen LogP contribution >= 0.6 is 0 Å². The van der Waals surface area contributed by atoms with Gasteiger partial charge in [0.25, 0.3) is 0 Å². The predicted octanol–water partition coefficient (Wildman–Crippen LogP) is 0.813. The molecule has 0 amide bonds. The summed E-state index contributed by atoms with van der Waals surface area (Å²) in [6.45, 7) is 2.56. The van der Waals surface area contributed by atoms with Gasteiger partial charge >= 0.3 is 0 Å². The Morgan fingerprint density at radius 1 is 1.50 bits per heavy atom. The fourth-order valence-electron chi connectivity index (χ4n) is 1.53. The van der Waals surface area contributed by atoms with Crippen molar-refractivity contribution in [2.75, 3.05) is 12.0 Å². The van der Waals surface area contributed by atoms with Crippen LogP contribution in [0.2, 0.25) is 0 Å². The minimum atomic E-state index is -2.90. The second kappa shape index (κ2) is 5.50. The number of aromatic nitrogens is 1. The van der Waals surface area contributed by atoms with Crippen molar-refractivity contribution in [2.24, 2.45) is 5.73 Å². The van der Waals surface area contributed by atoms with E-state index in [1.807, 2.05) is 22.9 Å². The lowest BCUT2D eigenvalue weighted by atomic mass is 10.1. The smallest absolute Gasteiger partial charge is 0.149 e. The Hall–Kier alpha value is -0.810.